The third-order valence-corrected chi connectivity index (χ3v) is 7.22. The topological polar surface area (TPSA) is 117 Å². The number of aromatic nitrogens is 5. The first-order valence-electron chi connectivity index (χ1n) is 14.0. The molecule has 0 bridgehead atoms. The lowest BCUT2D eigenvalue weighted by atomic mass is 10.1. The second kappa shape index (κ2) is 12.4. The van der Waals surface area contributed by atoms with Crippen molar-refractivity contribution < 1.29 is 23.4 Å². The molecule has 2 aromatic carbocycles. The van der Waals surface area contributed by atoms with Gasteiger partial charge in [0, 0.05) is 42.0 Å². The minimum atomic E-state index is -0.546. The van der Waals surface area contributed by atoms with Crippen LogP contribution in [0.2, 0.25) is 0 Å². The molecule has 6 rings (SSSR count). The Labute approximate surface area is 252 Å². The van der Waals surface area contributed by atoms with E-state index < -0.39 is 5.82 Å². The smallest absolute Gasteiger partial charge is 0.246 e. The van der Waals surface area contributed by atoms with E-state index in [0.717, 1.165) is 24.2 Å². The van der Waals surface area contributed by atoms with E-state index in [0.29, 0.717) is 47.2 Å². The number of ether oxygens (including phenoxy) is 3. The summed E-state index contributed by atoms with van der Waals surface area (Å²) in [5, 5.41) is 8.07. The van der Waals surface area contributed by atoms with E-state index in [9.17, 15) is 4.79 Å². The number of hydrogen-bond acceptors (Lipinski definition) is 9. The predicted molar refractivity (Wildman–Crippen MR) is 162 cm³/mol. The van der Waals surface area contributed by atoms with Gasteiger partial charge >= 0.3 is 0 Å². The van der Waals surface area contributed by atoms with Crippen LogP contribution in [0.15, 0.2) is 79.9 Å². The Morgan fingerprint density at radius 2 is 2.00 bits per heavy atom. The fourth-order valence-corrected chi connectivity index (χ4v) is 4.97. The first kappa shape index (κ1) is 28.6. The first-order chi connectivity index (χ1) is 21.4. The number of nitrogens with zero attached hydrogens (tertiary/aromatic N) is 6. The van der Waals surface area contributed by atoms with E-state index in [4.69, 9.17) is 14.2 Å². The number of methoxy groups -OCH3 is 1. The second-order valence-corrected chi connectivity index (χ2v) is 10.2. The van der Waals surface area contributed by atoms with Gasteiger partial charge in [0.1, 0.15) is 29.8 Å². The molecule has 0 unspecified atom stereocenters. The zero-order valence-corrected chi connectivity index (χ0v) is 24.2. The van der Waals surface area contributed by atoms with Crippen molar-refractivity contribution >= 4 is 28.3 Å². The molecule has 12 heteroatoms. The Kier molecular flexibility index (Phi) is 8.04. The van der Waals surface area contributed by atoms with Gasteiger partial charge in [0.05, 0.1) is 36.7 Å². The molecule has 0 aliphatic carbocycles. The number of halogens is 1. The lowest BCUT2D eigenvalue weighted by Gasteiger charge is -2.32. The number of hydrogen-bond donors (Lipinski definition) is 1. The number of aryl methyl sites for hydroxylation is 1. The lowest BCUT2D eigenvalue weighted by molar-refractivity contribution is -0.128. The number of carbonyl (C=O) groups excluding carboxylic acids is 1. The highest BCUT2D eigenvalue weighted by molar-refractivity contribution is 5.93. The molecule has 1 aliphatic rings. The SMILES string of the molecule is C=CC(=O)N1CCC[C@@H](Oc2cc3c(Nc4ccc(Oc5ccn(-c6ccc(C)nc6)n5)cc4F)ncnc3cc2OC)C1. The van der Waals surface area contributed by atoms with Crippen molar-refractivity contribution in [3.63, 3.8) is 0 Å². The number of fused-ring (bicyclic) bond motifs is 1. The molecule has 11 nitrogen and oxygen atoms in total. The molecular formula is C32H30FN7O4. The maximum atomic E-state index is 15.3. The van der Waals surface area contributed by atoms with Gasteiger partial charge in [-0.25, -0.2) is 19.0 Å². The van der Waals surface area contributed by atoms with Crippen LogP contribution in [0.1, 0.15) is 18.5 Å². The Balaban J connectivity index is 1.20. The third kappa shape index (κ3) is 6.14. The number of benzene rings is 2. The quantitative estimate of drug-likeness (QED) is 0.212. The summed E-state index contributed by atoms with van der Waals surface area (Å²) in [6.07, 6.45) is 7.51. The summed E-state index contributed by atoms with van der Waals surface area (Å²) in [6.45, 7) is 6.58. The summed E-state index contributed by atoms with van der Waals surface area (Å²) < 4.78 is 34.6. The number of pyridine rings is 1. The third-order valence-electron chi connectivity index (χ3n) is 7.22. The maximum Gasteiger partial charge on any atom is 0.246 e. The Morgan fingerprint density at radius 3 is 2.77 bits per heavy atom. The summed E-state index contributed by atoms with van der Waals surface area (Å²) in [5.74, 6) is 1.26. The maximum absolute atomic E-state index is 15.3. The molecule has 5 aromatic rings. The van der Waals surface area contributed by atoms with Crippen LogP contribution in [0, 0.1) is 12.7 Å². The molecule has 4 heterocycles. The van der Waals surface area contributed by atoms with Crippen molar-refractivity contribution in [2.45, 2.75) is 25.9 Å². The Bertz CT molecular complexity index is 1830. The fourth-order valence-electron chi connectivity index (χ4n) is 4.97. The second-order valence-electron chi connectivity index (χ2n) is 10.2. The van der Waals surface area contributed by atoms with Crippen LogP contribution in [0.3, 0.4) is 0 Å². The highest BCUT2D eigenvalue weighted by Crippen LogP contribution is 2.37. The van der Waals surface area contributed by atoms with Crippen LogP contribution in [-0.2, 0) is 4.79 Å². The van der Waals surface area contributed by atoms with Gasteiger partial charge in [0.15, 0.2) is 11.5 Å². The standard InChI is InChI=1S/C32H30FN7O4/c1-4-31(41)39-12-5-6-23(18-39)43-29-15-24-27(16-28(29)42-3)35-19-36-32(24)37-26-10-9-22(14-25(26)33)44-30-11-13-40(38-30)21-8-7-20(2)34-17-21/h4,7-11,13-17,19,23H,1,5-6,12,18H2,2-3H3,(H,35,36,37)/t23-/m1/s1. The predicted octanol–water partition coefficient (Wildman–Crippen LogP) is 5.76. The van der Waals surface area contributed by atoms with Crippen LogP contribution in [0.25, 0.3) is 16.6 Å². The van der Waals surface area contributed by atoms with Crippen LogP contribution < -0.4 is 19.5 Å². The van der Waals surface area contributed by atoms with E-state index in [-0.39, 0.29) is 23.4 Å². The van der Waals surface area contributed by atoms with Crippen LogP contribution in [-0.4, -0.2) is 61.8 Å². The summed E-state index contributed by atoms with van der Waals surface area (Å²) in [5.41, 5.74) is 2.46. The number of rotatable bonds is 9. The summed E-state index contributed by atoms with van der Waals surface area (Å²) >= 11 is 0. The number of nitrogens with one attached hydrogen (secondary N) is 1. The molecule has 1 amide bonds. The monoisotopic (exact) mass is 595 g/mol. The number of piperidine rings is 1. The minimum Gasteiger partial charge on any atom is -0.493 e. The zero-order chi connectivity index (χ0) is 30.6. The average molecular weight is 596 g/mol. The van der Waals surface area contributed by atoms with Gasteiger partial charge in [-0.3, -0.25) is 9.78 Å². The molecule has 1 fully saturated rings. The van der Waals surface area contributed by atoms with Gasteiger partial charge in [0.25, 0.3) is 0 Å². The van der Waals surface area contributed by atoms with Gasteiger partial charge in [-0.1, -0.05) is 6.58 Å². The van der Waals surface area contributed by atoms with Crippen LogP contribution in [0.5, 0.6) is 23.1 Å². The molecule has 0 radical (unpaired) electrons. The van der Waals surface area contributed by atoms with Gasteiger partial charge in [-0.15, -0.1) is 5.10 Å². The number of amides is 1. The van der Waals surface area contributed by atoms with E-state index in [2.05, 4.69) is 31.9 Å². The van der Waals surface area contributed by atoms with Gasteiger partial charge in [-0.05, 0) is 56.2 Å². The van der Waals surface area contributed by atoms with E-state index in [1.165, 1.54) is 18.5 Å². The van der Waals surface area contributed by atoms with E-state index in [1.807, 2.05) is 19.1 Å². The van der Waals surface area contributed by atoms with Gasteiger partial charge < -0.3 is 24.4 Å². The molecule has 44 heavy (non-hydrogen) atoms. The molecule has 1 N–H and O–H groups in total. The van der Waals surface area contributed by atoms with Crippen molar-refractivity contribution in [2.75, 3.05) is 25.5 Å². The number of carbonyl (C=O) groups is 1. The largest absolute Gasteiger partial charge is 0.493 e. The average Bonchev–Trinajstić information content (AvgIpc) is 3.50. The fraction of sp³-hybridized carbons (Fsp3) is 0.219. The zero-order valence-electron chi connectivity index (χ0n) is 24.2. The molecule has 1 saturated heterocycles. The molecule has 0 spiro atoms. The normalized spacial score (nSPS) is 14.7. The minimum absolute atomic E-state index is 0.128. The van der Waals surface area contributed by atoms with E-state index in [1.54, 1.807) is 59.4 Å². The highest BCUT2D eigenvalue weighted by atomic mass is 19.1. The van der Waals surface area contributed by atoms with Gasteiger partial charge in [-0.2, -0.15) is 0 Å². The van der Waals surface area contributed by atoms with Crippen LogP contribution in [0.4, 0.5) is 15.9 Å². The summed E-state index contributed by atoms with van der Waals surface area (Å²) in [6, 6.07) is 13.5. The summed E-state index contributed by atoms with van der Waals surface area (Å²) in [7, 11) is 1.55. The van der Waals surface area contributed by atoms with Crippen LogP contribution >= 0.6 is 0 Å². The Morgan fingerprint density at radius 1 is 1.11 bits per heavy atom. The van der Waals surface area contributed by atoms with Crippen molar-refractivity contribution in [1.82, 2.24) is 29.6 Å². The molecule has 1 atom stereocenters. The number of likely N-dealkylation sites (tertiary alicyclic amines) is 1. The van der Waals surface area contributed by atoms with Gasteiger partial charge in [0.2, 0.25) is 11.8 Å². The molecule has 1 aliphatic heterocycles. The molecule has 224 valence electrons. The van der Waals surface area contributed by atoms with Crippen molar-refractivity contribution in [3.8, 4) is 28.8 Å². The van der Waals surface area contributed by atoms with E-state index >= 15 is 4.39 Å². The van der Waals surface area contributed by atoms with Crippen molar-refractivity contribution in [1.29, 1.82) is 0 Å². The first-order valence-corrected chi connectivity index (χ1v) is 14.0. The Hall–Kier alpha value is -5.52. The lowest BCUT2D eigenvalue weighted by Crippen LogP contribution is -2.43. The van der Waals surface area contributed by atoms with Crippen molar-refractivity contribution in [3.05, 3.63) is 91.4 Å². The summed E-state index contributed by atoms with van der Waals surface area (Å²) in [4.78, 5) is 26.9. The molecular weight excluding hydrogens is 565 g/mol. The highest BCUT2D eigenvalue weighted by Gasteiger charge is 2.25. The molecule has 3 aromatic heterocycles. The van der Waals surface area contributed by atoms with Crippen molar-refractivity contribution in [2.24, 2.45) is 0 Å². The number of anilines is 2. The molecule has 0 saturated carbocycles.